The van der Waals surface area contributed by atoms with Crippen LogP contribution < -0.4 is 10.1 Å². The summed E-state index contributed by atoms with van der Waals surface area (Å²) in [6.07, 6.45) is 2.66. The maximum atomic E-state index is 14.0. The molecule has 1 saturated carbocycles. The molecule has 3 aromatic rings. The number of carbonyl (C=O) groups is 3. The highest BCUT2D eigenvalue weighted by Crippen LogP contribution is 2.47. The number of likely N-dealkylation sites (tertiary alicyclic amines) is 1. The Kier molecular flexibility index (Phi) is 5.77. The number of nitrogens with one attached hydrogen (secondary N) is 1. The molecule has 1 saturated heterocycles. The fourth-order valence-corrected chi connectivity index (χ4v) is 5.08. The van der Waals surface area contributed by atoms with E-state index in [4.69, 9.17) is 16.3 Å². The Morgan fingerprint density at radius 2 is 1.94 bits per heavy atom. The molecule has 1 unspecified atom stereocenters. The van der Waals surface area contributed by atoms with E-state index in [0.29, 0.717) is 11.5 Å². The zero-order valence-corrected chi connectivity index (χ0v) is 19.2. The molecular weight excluding hydrogens is 461 g/mol. The number of para-hydroxylation sites is 1. The molecule has 2 aromatic carbocycles. The third kappa shape index (κ3) is 4.14. The van der Waals surface area contributed by atoms with Crippen LogP contribution in [0.15, 0.2) is 48.7 Å². The molecule has 34 heavy (non-hydrogen) atoms. The fraction of sp³-hybridized carbons (Fsp3) is 0.320. The molecule has 2 aliphatic rings. The Morgan fingerprint density at radius 1 is 1.15 bits per heavy atom. The third-order valence-corrected chi connectivity index (χ3v) is 6.87. The number of fused-ring (bicyclic) bond motifs is 2. The smallest absolute Gasteiger partial charge is 0.407 e. The predicted octanol–water partition coefficient (Wildman–Crippen LogP) is 4.41. The van der Waals surface area contributed by atoms with Gasteiger partial charge in [-0.2, -0.15) is 0 Å². The van der Waals surface area contributed by atoms with Crippen LogP contribution in [0.5, 0.6) is 5.75 Å². The number of benzene rings is 2. The summed E-state index contributed by atoms with van der Waals surface area (Å²) in [5, 5.41) is 3.33. The number of nitrogens with zero attached hydrogens (tertiary/aromatic N) is 2. The van der Waals surface area contributed by atoms with Crippen LogP contribution in [0.4, 0.5) is 9.18 Å². The van der Waals surface area contributed by atoms with E-state index in [9.17, 15) is 18.8 Å². The number of Topliss-reactive ketones (excluding diaryl/α,β-unsaturated/α-hetero) is 1. The first-order valence-corrected chi connectivity index (χ1v) is 11.5. The Labute approximate surface area is 200 Å². The van der Waals surface area contributed by atoms with Crippen LogP contribution in [0, 0.1) is 11.7 Å². The largest absolute Gasteiger partial charge is 0.412 e. The lowest BCUT2D eigenvalue weighted by molar-refractivity contribution is -0.133. The number of hydrogen-bond acceptors (Lipinski definition) is 4. The van der Waals surface area contributed by atoms with Crippen molar-refractivity contribution in [1.82, 2.24) is 14.8 Å². The van der Waals surface area contributed by atoms with E-state index in [1.54, 1.807) is 6.20 Å². The van der Waals surface area contributed by atoms with Gasteiger partial charge in [-0.15, -0.1) is 0 Å². The van der Waals surface area contributed by atoms with Crippen molar-refractivity contribution in [3.8, 4) is 5.75 Å². The highest BCUT2D eigenvalue weighted by atomic mass is 35.5. The lowest BCUT2D eigenvalue weighted by Gasteiger charge is -2.28. The topological polar surface area (TPSA) is 80.6 Å². The highest BCUT2D eigenvalue weighted by molar-refractivity contribution is 6.30. The van der Waals surface area contributed by atoms with E-state index in [1.165, 1.54) is 25.1 Å². The van der Waals surface area contributed by atoms with E-state index in [1.807, 2.05) is 33.7 Å². The van der Waals surface area contributed by atoms with Gasteiger partial charge in [0.15, 0.2) is 17.3 Å². The van der Waals surface area contributed by atoms with Crippen LogP contribution >= 0.6 is 11.6 Å². The summed E-state index contributed by atoms with van der Waals surface area (Å²) >= 11 is 5.72. The normalized spacial score (nSPS) is 20.8. The van der Waals surface area contributed by atoms with Crippen molar-refractivity contribution >= 4 is 40.3 Å². The van der Waals surface area contributed by atoms with Gasteiger partial charge in [0, 0.05) is 41.3 Å². The number of halogens is 2. The van der Waals surface area contributed by atoms with Crippen molar-refractivity contribution in [3.63, 3.8) is 0 Å². The minimum Gasteiger partial charge on any atom is -0.407 e. The van der Waals surface area contributed by atoms with Crippen molar-refractivity contribution in [3.05, 3.63) is 65.1 Å². The number of ether oxygens (including phenoxy) is 1. The lowest BCUT2D eigenvalue weighted by Crippen LogP contribution is -2.46. The molecule has 1 N–H and O–H groups in total. The quantitative estimate of drug-likeness (QED) is 0.526. The minimum absolute atomic E-state index is 0.0532. The van der Waals surface area contributed by atoms with Gasteiger partial charge in [-0.1, -0.05) is 35.9 Å². The number of ketones is 1. The Morgan fingerprint density at radius 3 is 2.74 bits per heavy atom. The predicted molar refractivity (Wildman–Crippen MR) is 125 cm³/mol. The van der Waals surface area contributed by atoms with Gasteiger partial charge in [0.2, 0.25) is 5.91 Å². The summed E-state index contributed by atoms with van der Waals surface area (Å²) in [6, 6.07) is 11.7. The first kappa shape index (κ1) is 22.4. The number of piperidine rings is 1. The van der Waals surface area contributed by atoms with Crippen LogP contribution in [0.1, 0.15) is 30.1 Å². The molecule has 2 fully saturated rings. The summed E-state index contributed by atoms with van der Waals surface area (Å²) in [5.74, 6) is -0.758. The second-order valence-electron chi connectivity index (χ2n) is 8.82. The molecule has 3 atom stereocenters. The average molecular weight is 484 g/mol. The standard InChI is InChI=1S/C25H23ClFN3O4/c1-14(31)18-12-29(20-7-3-2-5-17(18)20)13-23(32)30-16(9-15-10-21(15)30)11-28-25(33)34-22-8-4-6-19(26)24(22)27/h2-8,12,15-16,21H,9-11,13H2,1H3,(H,28,33)/t15-,16-,21?/m0/s1. The van der Waals surface area contributed by atoms with Crippen LogP contribution in [0.2, 0.25) is 5.02 Å². The van der Waals surface area contributed by atoms with Gasteiger partial charge in [0.1, 0.15) is 6.54 Å². The molecule has 0 radical (unpaired) electrons. The van der Waals surface area contributed by atoms with Crippen molar-refractivity contribution in [2.75, 3.05) is 6.54 Å². The summed E-state index contributed by atoms with van der Waals surface area (Å²) in [5.41, 5.74) is 1.41. The zero-order valence-electron chi connectivity index (χ0n) is 18.5. The first-order valence-electron chi connectivity index (χ1n) is 11.1. The molecule has 7 nitrogen and oxygen atoms in total. The molecule has 1 aliphatic heterocycles. The molecule has 0 spiro atoms. The molecular formula is C25H23ClFN3O4. The van der Waals surface area contributed by atoms with Crippen LogP contribution in [0.25, 0.3) is 10.9 Å². The number of carbonyl (C=O) groups excluding carboxylic acids is 3. The van der Waals surface area contributed by atoms with E-state index in [-0.39, 0.29) is 47.6 Å². The highest BCUT2D eigenvalue weighted by Gasteiger charge is 2.53. The van der Waals surface area contributed by atoms with Crippen molar-refractivity contribution in [2.45, 2.75) is 38.4 Å². The first-order chi connectivity index (χ1) is 16.3. The lowest BCUT2D eigenvalue weighted by atomic mass is 10.1. The fourth-order valence-electron chi connectivity index (χ4n) is 4.92. The van der Waals surface area contributed by atoms with Crippen molar-refractivity contribution in [1.29, 1.82) is 0 Å². The van der Waals surface area contributed by atoms with E-state index < -0.39 is 11.9 Å². The monoisotopic (exact) mass is 483 g/mol. The van der Waals surface area contributed by atoms with Crippen LogP contribution in [0.3, 0.4) is 0 Å². The van der Waals surface area contributed by atoms with Gasteiger partial charge in [-0.05, 0) is 43.9 Å². The van der Waals surface area contributed by atoms with Gasteiger partial charge in [0.25, 0.3) is 0 Å². The molecule has 1 aromatic heterocycles. The number of aromatic nitrogens is 1. The van der Waals surface area contributed by atoms with Gasteiger partial charge >= 0.3 is 6.09 Å². The Bertz CT molecular complexity index is 1310. The summed E-state index contributed by atoms with van der Waals surface area (Å²) < 4.78 is 20.8. The second kappa shape index (κ2) is 8.76. The van der Waals surface area contributed by atoms with Crippen LogP contribution in [-0.2, 0) is 11.3 Å². The maximum Gasteiger partial charge on any atom is 0.412 e. The van der Waals surface area contributed by atoms with Gasteiger partial charge < -0.3 is 19.5 Å². The van der Waals surface area contributed by atoms with E-state index >= 15 is 0 Å². The summed E-state index contributed by atoms with van der Waals surface area (Å²) in [6.45, 7) is 1.82. The molecule has 9 heteroatoms. The SMILES string of the molecule is CC(=O)c1cn(CC(=O)N2C3C[C@@H]3C[C@H]2CNC(=O)Oc2cccc(Cl)c2F)c2ccccc12. The molecule has 2 heterocycles. The molecule has 0 bridgehead atoms. The minimum atomic E-state index is -0.809. The van der Waals surface area contributed by atoms with Gasteiger partial charge in [-0.3, -0.25) is 9.59 Å². The summed E-state index contributed by atoms with van der Waals surface area (Å²) in [4.78, 5) is 39.4. The molecule has 176 valence electrons. The van der Waals surface area contributed by atoms with Crippen molar-refractivity contribution in [2.24, 2.45) is 5.92 Å². The maximum absolute atomic E-state index is 14.0. The third-order valence-electron chi connectivity index (χ3n) is 6.57. The zero-order chi connectivity index (χ0) is 24.0. The number of rotatable bonds is 6. The number of amides is 2. The van der Waals surface area contributed by atoms with Gasteiger partial charge in [-0.25, -0.2) is 9.18 Å². The Balaban J connectivity index is 1.26. The Hall–Kier alpha value is -3.39. The van der Waals surface area contributed by atoms with E-state index in [0.717, 1.165) is 23.7 Å². The molecule has 5 rings (SSSR count). The van der Waals surface area contributed by atoms with Gasteiger partial charge in [0.05, 0.1) is 5.02 Å². The summed E-state index contributed by atoms with van der Waals surface area (Å²) in [7, 11) is 0. The average Bonchev–Trinajstić information content (AvgIpc) is 3.31. The molecule has 2 amide bonds. The van der Waals surface area contributed by atoms with Crippen molar-refractivity contribution < 1.29 is 23.5 Å². The molecule has 1 aliphatic carbocycles. The van der Waals surface area contributed by atoms with Crippen LogP contribution in [-0.4, -0.2) is 45.9 Å². The number of hydrogen-bond donors (Lipinski definition) is 1. The van der Waals surface area contributed by atoms with E-state index in [2.05, 4.69) is 5.32 Å². The second-order valence-corrected chi connectivity index (χ2v) is 9.23.